The summed E-state index contributed by atoms with van der Waals surface area (Å²) in [7, 11) is -0.444. The molecule has 0 bridgehead atoms. The first kappa shape index (κ1) is 21.7. The third kappa shape index (κ3) is 5.60. The first-order valence-corrected chi connectivity index (χ1v) is 9.80. The van der Waals surface area contributed by atoms with Crippen molar-refractivity contribution in [3.05, 3.63) is 11.5 Å². The van der Waals surface area contributed by atoms with Gasteiger partial charge in [0.05, 0.1) is 17.1 Å². The summed E-state index contributed by atoms with van der Waals surface area (Å²) in [6.07, 6.45) is 1.44. The van der Waals surface area contributed by atoms with Gasteiger partial charge in [-0.1, -0.05) is 34.4 Å². The van der Waals surface area contributed by atoms with E-state index in [0.717, 1.165) is 17.3 Å². The van der Waals surface area contributed by atoms with Gasteiger partial charge in [-0.05, 0) is 61.3 Å². The van der Waals surface area contributed by atoms with Gasteiger partial charge in [-0.3, -0.25) is 4.79 Å². The van der Waals surface area contributed by atoms with Crippen LogP contribution in [-0.2, 0) is 18.8 Å². The van der Waals surface area contributed by atoms with E-state index in [1.54, 1.807) is 0 Å². The third-order valence-corrected chi connectivity index (χ3v) is 4.95. The van der Waals surface area contributed by atoms with E-state index in [4.69, 9.17) is 14.0 Å². The van der Waals surface area contributed by atoms with Crippen LogP contribution in [0.15, 0.2) is 11.5 Å². The summed E-state index contributed by atoms with van der Waals surface area (Å²) in [5.74, 6) is 1.49. The predicted molar refractivity (Wildman–Crippen MR) is 102 cm³/mol. The Labute approximate surface area is 156 Å². The van der Waals surface area contributed by atoms with E-state index in [1.165, 1.54) is 0 Å². The van der Waals surface area contributed by atoms with Crippen LogP contribution in [0.4, 0.5) is 0 Å². The minimum atomic E-state index is -0.492. The lowest BCUT2D eigenvalue weighted by Gasteiger charge is -2.32. The van der Waals surface area contributed by atoms with Crippen LogP contribution in [0.5, 0.6) is 0 Å². The summed E-state index contributed by atoms with van der Waals surface area (Å²) in [4.78, 5) is 12.6. The predicted octanol–water partition coefficient (Wildman–Crippen LogP) is 4.70. The second-order valence-corrected chi connectivity index (χ2v) is 9.09. The molecule has 1 saturated heterocycles. The van der Waals surface area contributed by atoms with Gasteiger partial charge in [-0.2, -0.15) is 0 Å². The molecule has 0 amide bonds. The Balaban J connectivity index is 3.02. The summed E-state index contributed by atoms with van der Waals surface area (Å²) in [6.45, 7) is 15.8. The fraction of sp³-hybridized carbons (Fsp3) is 0.833. The molecule has 1 rings (SSSR count). The molecule has 0 N–H and O–H groups in total. The molecule has 1 atom stereocenters. The Morgan fingerprint density at radius 3 is 2.08 bits per heavy atom. The number of hydrogen-bond donors (Lipinski definition) is 0. The molecule has 0 aromatic carbocycles. The molecule has 1 aliphatic heterocycles. The average Bonchev–Trinajstić information content (AvgIpc) is 2.55. The number of carbonyl (C=O) groups excluding carboxylic acids is 1. The van der Waals surface area contributed by atoms with Crippen LogP contribution in [0.2, 0.25) is 0 Å². The standard InChI is InChI=1S/C18H32BBrO4/c1-9-14(15(21)22-16(2,3)4)13(10-11-20)12-19-23-17(5,6)18(7,8)24-19/h12,14H,9-11H2,1-8H3/b13-12+/t14-/m0/s1. The summed E-state index contributed by atoms with van der Waals surface area (Å²) < 4.78 is 17.7. The molecule has 1 aliphatic rings. The Bertz CT molecular complexity index is 464. The summed E-state index contributed by atoms with van der Waals surface area (Å²) in [5.41, 5.74) is -0.265. The van der Waals surface area contributed by atoms with E-state index >= 15 is 0 Å². The molecule has 24 heavy (non-hydrogen) atoms. The maximum atomic E-state index is 12.6. The number of hydrogen-bond acceptors (Lipinski definition) is 4. The highest BCUT2D eigenvalue weighted by atomic mass is 79.9. The van der Waals surface area contributed by atoms with Crippen molar-refractivity contribution >= 4 is 29.0 Å². The van der Waals surface area contributed by atoms with Crippen molar-refractivity contribution in [2.24, 2.45) is 5.92 Å². The number of carbonyl (C=O) groups is 1. The monoisotopic (exact) mass is 402 g/mol. The van der Waals surface area contributed by atoms with Gasteiger partial charge < -0.3 is 14.0 Å². The van der Waals surface area contributed by atoms with Crippen LogP contribution in [-0.4, -0.2) is 35.2 Å². The van der Waals surface area contributed by atoms with Crippen molar-refractivity contribution in [3.63, 3.8) is 0 Å². The van der Waals surface area contributed by atoms with Gasteiger partial charge in [0.2, 0.25) is 0 Å². The molecule has 4 nitrogen and oxygen atoms in total. The molecule has 0 saturated carbocycles. The SMILES string of the molecule is CC[C@H](C(=O)OC(C)(C)C)/C(=C/B1OC(C)(C)C(C)(C)O1)CCBr. The minimum Gasteiger partial charge on any atom is -0.460 e. The quantitative estimate of drug-likeness (QED) is 0.367. The van der Waals surface area contributed by atoms with E-state index in [-0.39, 0.29) is 23.1 Å². The zero-order valence-electron chi connectivity index (χ0n) is 16.4. The van der Waals surface area contributed by atoms with Crippen LogP contribution >= 0.6 is 15.9 Å². The number of alkyl halides is 1. The van der Waals surface area contributed by atoms with Gasteiger partial charge in [-0.15, -0.1) is 0 Å². The van der Waals surface area contributed by atoms with Crippen molar-refractivity contribution in [3.8, 4) is 0 Å². The molecule has 6 heteroatoms. The van der Waals surface area contributed by atoms with E-state index < -0.39 is 12.7 Å². The van der Waals surface area contributed by atoms with Gasteiger partial charge >= 0.3 is 13.1 Å². The minimum absolute atomic E-state index is 0.186. The van der Waals surface area contributed by atoms with E-state index in [1.807, 2.05) is 61.4 Å². The lowest BCUT2D eigenvalue weighted by molar-refractivity contribution is -0.158. The molecular weight excluding hydrogens is 371 g/mol. The van der Waals surface area contributed by atoms with Crippen LogP contribution in [0.25, 0.3) is 0 Å². The number of halogens is 1. The molecule has 0 radical (unpaired) electrons. The van der Waals surface area contributed by atoms with Crippen LogP contribution in [0.3, 0.4) is 0 Å². The van der Waals surface area contributed by atoms with Crippen molar-refractivity contribution in [1.29, 1.82) is 0 Å². The van der Waals surface area contributed by atoms with Gasteiger partial charge in [0, 0.05) is 5.33 Å². The topological polar surface area (TPSA) is 44.8 Å². The largest absolute Gasteiger partial charge is 0.487 e. The van der Waals surface area contributed by atoms with Gasteiger partial charge in [0.15, 0.2) is 0 Å². The molecule has 1 heterocycles. The van der Waals surface area contributed by atoms with Crippen LogP contribution in [0, 0.1) is 5.92 Å². The number of rotatable bonds is 6. The Morgan fingerprint density at radius 2 is 1.71 bits per heavy atom. The average molecular weight is 403 g/mol. The maximum Gasteiger partial charge on any atom is 0.487 e. The van der Waals surface area contributed by atoms with Crippen LogP contribution in [0.1, 0.15) is 68.2 Å². The van der Waals surface area contributed by atoms with Gasteiger partial charge in [0.25, 0.3) is 0 Å². The second-order valence-electron chi connectivity index (χ2n) is 8.30. The molecule has 1 fully saturated rings. The normalized spacial score (nSPS) is 21.7. The Hall–Kier alpha value is -0.325. The molecule has 0 aliphatic carbocycles. The number of esters is 1. The van der Waals surface area contributed by atoms with E-state index in [0.29, 0.717) is 6.42 Å². The Kier molecular flexibility index (Phi) is 7.17. The third-order valence-electron chi connectivity index (χ3n) is 4.55. The zero-order chi connectivity index (χ0) is 18.8. The van der Waals surface area contributed by atoms with E-state index in [9.17, 15) is 4.79 Å². The second kappa shape index (κ2) is 7.92. The lowest BCUT2D eigenvalue weighted by Crippen LogP contribution is -2.41. The molecule has 0 unspecified atom stereocenters. The Morgan fingerprint density at radius 1 is 1.21 bits per heavy atom. The van der Waals surface area contributed by atoms with Crippen molar-refractivity contribution in [2.75, 3.05) is 5.33 Å². The molecule has 138 valence electrons. The summed E-state index contributed by atoms with van der Waals surface area (Å²) in [5, 5.41) is 0.775. The van der Waals surface area contributed by atoms with Gasteiger partial charge in [0.1, 0.15) is 5.60 Å². The molecular formula is C18H32BBrO4. The highest BCUT2D eigenvalue weighted by molar-refractivity contribution is 9.09. The van der Waals surface area contributed by atoms with Gasteiger partial charge in [-0.25, -0.2) is 0 Å². The molecule has 0 aromatic heterocycles. The highest BCUT2D eigenvalue weighted by Crippen LogP contribution is 2.38. The zero-order valence-corrected chi connectivity index (χ0v) is 18.0. The summed E-state index contributed by atoms with van der Waals surface area (Å²) in [6, 6.07) is 0. The highest BCUT2D eigenvalue weighted by Gasteiger charge is 2.50. The first-order chi connectivity index (χ1) is 10.8. The molecule has 0 spiro atoms. The van der Waals surface area contributed by atoms with Crippen molar-refractivity contribution in [1.82, 2.24) is 0 Å². The van der Waals surface area contributed by atoms with Crippen molar-refractivity contribution < 1.29 is 18.8 Å². The van der Waals surface area contributed by atoms with Crippen LogP contribution < -0.4 is 0 Å². The lowest BCUT2D eigenvalue weighted by atomic mass is 9.81. The maximum absolute atomic E-state index is 12.6. The molecule has 0 aromatic rings. The van der Waals surface area contributed by atoms with Crippen molar-refractivity contribution in [2.45, 2.75) is 85.0 Å². The fourth-order valence-corrected chi connectivity index (χ4v) is 3.03. The fourth-order valence-electron chi connectivity index (χ4n) is 2.57. The van der Waals surface area contributed by atoms with E-state index in [2.05, 4.69) is 15.9 Å². The summed E-state index contributed by atoms with van der Waals surface area (Å²) >= 11 is 3.48. The smallest absolute Gasteiger partial charge is 0.460 e. The first-order valence-electron chi connectivity index (χ1n) is 8.68. The number of ether oxygens (including phenoxy) is 1.